The largest absolute Gasteiger partial charge is 0.493 e. The van der Waals surface area contributed by atoms with Crippen LogP contribution in [0.3, 0.4) is 0 Å². The fraction of sp³-hybridized carbons (Fsp3) is 0.214. The number of pyridine rings is 1. The fourth-order valence-corrected chi connectivity index (χ4v) is 2.52. The summed E-state index contributed by atoms with van der Waals surface area (Å²) >= 11 is 9.22. The number of benzene rings is 1. The molecule has 0 bridgehead atoms. The Kier molecular flexibility index (Phi) is 5.09. The summed E-state index contributed by atoms with van der Waals surface area (Å²) in [5.74, 6) is 1.37. The summed E-state index contributed by atoms with van der Waals surface area (Å²) in [7, 11) is 3.23. The van der Waals surface area contributed by atoms with Gasteiger partial charge < -0.3 is 14.8 Å². The Labute approximate surface area is 131 Å². The molecule has 0 spiro atoms. The monoisotopic (exact) mass is 356 g/mol. The van der Waals surface area contributed by atoms with E-state index >= 15 is 0 Å². The molecule has 1 aromatic carbocycles. The highest BCUT2D eigenvalue weighted by atomic mass is 79.9. The number of aromatic nitrogens is 1. The number of ether oxygens (including phenoxy) is 2. The summed E-state index contributed by atoms with van der Waals surface area (Å²) in [4.78, 5) is 4.02. The van der Waals surface area contributed by atoms with Gasteiger partial charge in [0.2, 0.25) is 0 Å². The summed E-state index contributed by atoms with van der Waals surface area (Å²) in [6.45, 7) is 0.641. The molecule has 0 saturated carbocycles. The Morgan fingerprint density at radius 2 is 2.05 bits per heavy atom. The van der Waals surface area contributed by atoms with Crippen LogP contribution in [0.25, 0.3) is 0 Å². The van der Waals surface area contributed by atoms with Crippen molar-refractivity contribution in [3.8, 4) is 11.5 Å². The molecule has 0 unspecified atom stereocenters. The Morgan fingerprint density at radius 3 is 2.65 bits per heavy atom. The number of methoxy groups -OCH3 is 2. The van der Waals surface area contributed by atoms with E-state index in [9.17, 15) is 0 Å². The zero-order chi connectivity index (χ0) is 14.5. The zero-order valence-corrected chi connectivity index (χ0v) is 13.5. The van der Waals surface area contributed by atoms with Crippen molar-refractivity contribution in [2.75, 3.05) is 19.5 Å². The average molecular weight is 358 g/mol. The van der Waals surface area contributed by atoms with E-state index in [0.717, 1.165) is 15.7 Å². The second-order valence-corrected chi connectivity index (χ2v) is 5.28. The predicted molar refractivity (Wildman–Crippen MR) is 83.8 cm³/mol. The van der Waals surface area contributed by atoms with Crippen molar-refractivity contribution in [3.63, 3.8) is 0 Å². The van der Waals surface area contributed by atoms with Gasteiger partial charge in [0.15, 0.2) is 11.5 Å². The minimum Gasteiger partial charge on any atom is -0.493 e. The van der Waals surface area contributed by atoms with Crippen molar-refractivity contribution in [3.05, 3.63) is 45.7 Å². The standard InChI is InChI=1S/C14H14BrClN2O2/c1-19-12-6-9(5-11(15)14(12)20-2)7-17-10-3-4-13(16)18-8-10/h3-6,8,17H,7H2,1-2H3. The molecule has 0 radical (unpaired) electrons. The molecule has 4 nitrogen and oxygen atoms in total. The van der Waals surface area contributed by atoms with E-state index in [4.69, 9.17) is 21.1 Å². The van der Waals surface area contributed by atoms with Gasteiger partial charge in [-0.15, -0.1) is 0 Å². The van der Waals surface area contributed by atoms with Crippen molar-refractivity contribution in [1.82, 2.24) is 4.98 Å². The molecule has 0 aliphatic rings. The van der Waals surface area contributed by atoms with E-state index in [1.807, 2.05) is 18.2 Å². The zero-order valence-electron chi connectivity index (χ0n) is 11.1. The van der Waals surface area contributed by atoms with Crippen molar-refractivity contribution in [2.24, 2.45) is 0 Å². The molecular weight excluding hydrogens is 344 g/mol. The average Bonchev–Trinajstić information content (AvgIpc) is 2.46. The van der Waals surface area contributed by atoms with Crippen LogP contribution in [0.2, 0.25) is 5.15 Å². The highest BCUT2D eigenvalue weighted by Crippen LogP contribution is 2.36. The van der Waals surface area contributed by atoms with Crippen molar-refractivity contribution >= 4 is 33.2 Å². The lowest BCUT2D eigenvalue weighted by atomic mass is 10.2. The van der Waals surface area contributed by atoms with Gasteiger partial charge in [0.25, 0.3) is 0 Å². The minimum absolute atomic E-state index is 0.476. The SMILES string of the molecule is COc1cc(CNc2ccc(Cl)nc2)cc(Br)c1OC. The van der Waals surface area contributed by atoms with Gasteiger partial charge in [0.1, 0.15) is 5.15 Å². The first kappa shape index (κ1) is 14.9. The van der Waals surface area contributed by atoms with Crippen LogP contribution in [0, 0.1) is 0 Å². The molecule has 0 aliphatic heterocycles. The summed E-state index contributed by atoms with van der Waals surface area (Å²) in [5.41, 5.74) is 1.96. The lowest BCUT2D eigenvalue weighted by Crippen LogP contribution is -2.01. The molecule has 20 heavy (non-hydrogen) atoms. The van der Waals surface area contributed by atoms with E-state index in [-0.39, 0.29) is 0 Å². The Hall–Kier alpha value is -1.46. The van der Waals surface area contributed by atoms with Crippen LogP contribution in [-0.2, 0) is 6.54 Å². The minimum atomic E-state index is 0.476. The number of halogens is 2. The smallest absolute Gasteiger partial charge is 0.174 e. The van der Waals surface area contributed by atoms with E-state index < -0.39 is 0 Å². The predicted octanol–water partition coefficient (Wildman–Crippen LogP) is 4.13. The molecule has 2 aromatic rings. The normalized spacial score (nSPS) is 10.2. The van der Waals surface area contributed by atoms with Gasteiger partial charge >= 0.3 is 0 Å². The van der Waals surface area contributed by atoms with Gasteiger partial charge in [-0.1, -0.05) is 11.6 Å². The molecule has 0 amide bonds. The van der Waals surface area contributed by atoms with Gasteiger partial charge in [-0.2, -0.15) is 0 Å². The Morgan fingerprint density at radius 1 is 1.25 bits per heavy atom. The van der Waals surface area contributed by atoms with Crippen LogP contribution < -0.4 is 14.8 Å². The second kappa shape index (κ2) is 6.81. The van der Waals surface area contributed by atoms with Crippen LogP contribution in [0.5, 0.6) is 11.5 Å². The van der Waals surface area contributed by atoms with Crippen molar-refractivity contribution < 1.29 is 9.47 Å². The fourth-order valence-electron chi connectivity index (χ4n) is 1.76. The lowest BCUT2D eigenvalue weighted by Gasteiger charge is -2.13. The molecule has 1 N–H and O–H groups in total. The van der Waals surface area contributed by atoms with E-state index in [0.29, 0.717) is 23.2 Å². The number of hydrogen-bond acceptors (Lipinski definition) is 4. The maximum atomic E-state index is 5.75. The van der Waals surface area contributed by atoms with Crippen LogP contribution in [0.4, 0.5) is 5.69 Å². The molecule has 0 saturated heterocycles. The van der Waals surface area contributed by atoms with Gasteiger partial charge in [-0.25, -0.2) is 4.98 Å². The third-order valence-corrected chi connectivity index (χ3v) is 3.53. The Balaban J connectivity index is 2.13. The molecule has 0 fully saturated rings. The van der Waals surface area contributed by atoms with Gasteiger partial charge in [0.05, 0.1) is 30.6 Å². The van der Waals surface area contributed by atoms with Gasteiger partial charge in [-0.05, 0) is 45.8 Å². The first-order valence-electron chi connectivity index (χ1n) is 5.90. The number of rotatable bonds is 5. The molecule has 0 aliphatic carbocycles. The molecule has 1 heterocycles. The summed E-state index contributed by atoms with van der Waals surface area (Å²) in [5, 5.41) is 3.74. The number of nitrogens with one attached hydrogen (secondary N) is 1. The van der Waals surface area contributed by atoms with Crippen LogP contribution in [0.1, 0.15) is 5.56 Å². The highest BCUT2D eigenvalue weighted by Gasteiger charge is 2.10. The quantitative estimate of drug-likeness (QED) is 0.817. The van der Waals surface area contributed by atoms with Crippen LogP contribution in [-0.4, -0.2) is 19.2 Å². The maximum absolute atomic E-state index is 5.75. The van der Waals surface area contributed by atoms with E-state index in [1.54, 1.807) is 26.5 Å². The van der Waals surface area contributed by atoms with Crippen molar-refractivity contribution in [2.45, 2.75) is 6.54 Å². The van der Waals surface area contributed by atoms with Crippen LogP contribution >= 0.6 is 27.5 Å². The molecule has 2 rings (SSSR count). The topological polar surface area (TPSA) is 43.4 Å². The Bertz CT molecular complexity index is 590. The second-order valence-electron chi connectivity index (χ2n) is 4.04. The summed E-state index contributed by atoms with van der Waals surface area (Å²) < 4.78 is 11.4. The number of anilines is 1. The molecule has 106 valence electrons. The summed E-state index contributed by atoms with van der Waals surface area (Å²) in [6.07, 6.45) is 1.69. The molecule has 6 heteroatoms. The molecule has 1 aromatic heterocycles. The molecular formula is C14H14BrClN2O2. The first-order chi connectivity index (χ1) is 9.63. The first-order valence-corrected chi connectivity index (χ1v) is 7.07. The van der Waals surface area contributed by atoms with Gasteiger partial charge in [-0.3, -0.25) is 0 Å². The third-order valence-electron chi connectivity index (χ3n) is 2.72. The van der Waals surface area contributed by atoms with Crippen molar-refractivity contribution in [1.29, 1.82) is 0 Å². The van der Waals surface area contributed by atoms with E-state index in [1.165, 1.54) is 0 Å². The number of hydrogen-bond donors (Lipinski definition) is 1. The van der Waals surface area contributed by atoms with Crippen LogP contribution in [0.15, 0.2) is 34.9 Å². The lowest BCUT2D eigenvalue weighted by molar-refractivity contribution is 0.352. The molecule has 0 atom stereocenters. The maximum Gasteiger partial charge on any atom is 0.174 e. The van der Waals surface area contributed by atoms with Gasteiger partial charge in [0, 0.05) is 6.54 Å². The summed E-state index contributed by atoms with van der Waals surface area (Å²) in [6, 6.07) is 7.54. The highest BCUT2D eigenvalue weighted by molar-refractivity contribution is 9.10. The van der Waals surface area contributed by atoms with E-state index in [2.05, 4.69) is 26.2 Å². The third kappa shape index (κ3) is 3.55. The number of nitrogens with zero attached hydrogens (tertiary/aromatic N) is 1.